The predicted octanol–water partition coefficient (Wildman–Crippen LogP) is 7.62. The number of fused-ring (bicyclic) bond motifs is 1. The summed E-state index contributed by atoms with van der Waals surface area (Å²) >= 11 is 0. The van der Waals surface area contributed by atoms with Crippen molar-refractivity contribution in [2.75, 3.05) is 6.54 Å². The molecule has 1 spiro atoms. The van der Waals surface area contributed by atoms with Crippen LogP contribution < -0.4 is 5.32 Å². The van der Waals surface area contributed by atoms with Crippen molar-refractivity contribution in [3.05, 3.63) is 22.8 Å². The monoisotopic (exact) mass is 561 g/mol. The quantitative estimate of drug-likeness (QED) is 0.226. The highest BCUT2D eigenvalue weighted by molar-refractivity contribution is 6.73. The molecule has 2 N–H and O–H groups in total. The molecule has 1 fully saturated rings. The van der Waals surface area contributed by atoms with Crippen LogP contribution in [0.15, 0.2) is 22.8 Å². The molecule has 222 valence electrons. The number of hydrogen-bond donors (Lipinski definition) is 2. The van der Waals surface area contributed by atoms with Crippen LogP contribution in [0, 0.1) is 10.8 Å². The van der Waals surface area contributed by atoms with E-state index in [9.17, 15) is 14.7 Å². The fourth-order valence-electron chi connectivity index (χ4n) is 6.84. The molecule has 39 heavy (non-hydrogen) atoms. The number of rotatable bonds is 13. The lowest BCUT2D eigenvalue weighted by atomic mass is 9.67. The number of carbonyl (C=O) groups is 2. The number of nitrogens with one attached hydrogen (secondary N) is 1. The third kappa shape index (κ3) is 6.41. The van der Waals surface area contributed by atoms with E-state index in [1.54, 1.807) is 6.92 Å². The zero-order chi connectivity index (χ0) is 29.3. The average Bonchev–Trinajstić information content (AvgIpc) is 3.62. The van der Waals surface area contributed by atoms with Crippen LogP contribution in [0.1, 0.15) is 114 Å². The van der Waals surface area contributed by atoms with E-state index in [4.69, 9.17) is 9.16 Å². The molecule has 1 saturated carbocycles. The van der Waals surface area contributed by atoms with Gasteiger partial charge in [-0.15, -0.1) is 0 Å². The molecular formula is C32H55NO5Si. The maximum absolute atomic E-state index is 13.9. The molecule has 0 heterocycles. The molecule has 7 heteroatoms. The lowest BCUT2D eigenvalue weighted by Gasteiger charge is -2.44. The molecule has 0 aromatic carbocycles. The molecule has 6 nitrogen and oxygen atoms in total. The molecule has 0 radical (unpaired) electrons. The maximum atomic E-state index is 13.9. The van der Waals surface area contributed by atoms with Gasteiger partial charge in [0.2, 0.25) is 0 Å². The maximum Gasteiger partial charge on any atom is 0.407 e. The number of hydrogen-bond acceptors (Lipinski definition) is 5. The highest BCUT2D eigenvalue weighted by Crippen LogP contribution is 2.66. The number of Topliss-reactive ketones (excluding diaryl/α,β-unsaturated/α-hetero) is 1. The third-order valence-corrected chi connectivity index (χ3v) is 14.0. The van der Waals surface area contributed by atoms with Crippen molar-refractivity contribution < 1.29 is 23.9 Å². The summed E-state index contributed by atoms with van der Waals surface area (Å²) in [5.41, 5.74) is -0.453. The Morgan fingerprint density at radius 3 is 2.00 bits per heavy atom. The lowest BCUT2D eigenvalue weighted by molar-refractivity contribution is -0.137. The number of amides is 1. The first-order chi connectivity index (χ1) is 18.1. The minimum absolute atomic E-state index is 0.196. The SMILES string of the molecule is CCCC[Si](CCCC)(CCCC)OC1C2=C(C)C3(CC3)C(C)(O)C(=O)C2=CC1(C)CNC(=O)OC(C)(C)C. The van der Waals surface area contributed by atoms with Crippen LogP contribution in [0.2, 0.25) is 18.1 Å². The van der Waals surface area contributed by atoms with Crippen molar-refractivity contribution in [2.45, 2.75) is 149 Å². The summed E-state index contributed by atoms with van der Waals surface area (Å²) in [5, 5.41) is 14.5. The van der Waals surface area contributed by atoms with Crippen LogP contribution >= 0.6 is 0 Å². The van der Waals surface area contributed by atoms with Crippen molar-refractivity contribution in [1.82, 2.24) is 5.32 Å². The molecule has 3 atom stereocenters. The molecule has 0 saturated heterocycles. The molecule has 0 aromatic rings. The van der Waals surface area contributed by atoms with Crippen LogP contribution in [0.4, 0.5) is 4.79 Å². The van der Waals surface area contributed by atoms with Crippen molar-refractivity contribution in [3.63, 3.8) is 0 Å². The van der Waals surface area contributed by atoms with Gasteiger partial charge in [-0.1, -0.05) is 77.9 Å². The fourth-order valence-corrected chi connectivity index (χ4v) is 11.8. The van der Waals surface area contributed by atoms with E-state index in [1.165, 1.54) is 0 Å². The van der Waals surface area contributed by atoms with Gasteiger partial charge in [-0.3, -0.25) is 4.79 Å². The number of aliphatic hydroxyl groups is 1. The normalized spacial score (nSPS) is 28.0. The molecule has 3 rings (SSSR count). The average molecular weight is 562 g/mol. The summed E-state index contributed by atoms with van der Waals surface area (Å²) in [7, 11) is -2.18. The summed E-state index contributed by atoms with van der Waals surface area (Å²) in [6, 6.07) is 3.36. The van der Waals surface area contributed by atoms with Crippen molar-refractivity contribution in [2.24, 2.45) is 10.8 Å². The molecular weight excluding hydrogens is 506 g/mol. The van der Waals surface area contributed by atoms with Crippen LogP contribution in [0.25, 0.3) is 0 Å². The Morgan fingerprint density at radius 2 is 1.56 bits per heavy atom. The van der Waals surface area contributed by atoms with Gasteiger partial charge in [0.1, 0.15) is 11.2 Å². The van der Waals surface area contributed by atoms with E-state index in [1.807, 2.05) is 26.8 Å². The van der Waals surface area contributed by atoms with Gasteiger partial charge in [-0.25, -0.2) is 4.79 Å². The summed E-state index contributed by atoms with van der Waals surface area (Å²) < 4.78 is 13.1. The van der Waals surface area contributed by atoms with Crippen LogP contribution in [0.3, 0.4) is 0 Å². The van der Waals surface area contributed by atoms with Gasteiger partial charge in [0.05, 0.1) is 6.10 Å². The summed E-state index contributed by atoms with van der Waals surface area (Å²) in [6.45, 7) is 18.5. The Morgan fingerprint density at radius 1 is 1.05 bits per heavy atom. The van der Waals surface area contributed by atoms with Crippen LogP contribution in [-0.2, 0) is 14.0 Å². The lowest BCUT2D eigenvalue weighted by Crippen LogP contribution is -2.52. The molecule has 3 aliphatic rings. The van der Waals surface area contributed by atoms with E-state index in [2.05, 4.69) is 39.9 Å². The van der Waals surface area contributed by atoms with Crippen LogP contribution in [-0.4, -0.2) is 49.2 Å². The van der Waals surface area contributed by atoms with Crippen LogP contribution in [0.5, 0.6) is 0 Å². The summed E-state index contributed by atoms with van der Waals surface area (Å²) in [6.07, 6.45) is 9.69. The van der Waals surface area contributed by atoms with Gasteiger partial charge in [-0.2, -0.15) is 0 Å². The Bertz CT molecular complexity index is 965. The summed E-state index contributed by atoms with van der Waals surface area (Å²) in [5.74, 6) is -0.196. The highest BCUT2D eigenvalue weighted by atomic mass is 28.4. The standard InChI is InChI=1S/C32H55NO5Si/c1-10-13-18-39(19-14-11-2,20-15-12-3)38-27-25-23(4)32(16-17-32)31(9,36)26(34)24(25)21-30(27,8)22-33-28(35)37-29(5,6)7/h21,27,36H,10-20,22H2,1-9H3,(H,33,35). The highest BCUT2D eigenvalue weighted by Gasteiger charge is 2.67. The Hall–Kier alpha value is -1.44. The van der Waals surface area contributed by atoms with Crippen molar-refractivity contribution in [1.29, 1.82) is 0 Å². The van der Waals surface area contributed by atoms with E-state index in [-0.39, 0.29) is 11.9 Å². The van der Waals surface area contributed by atoms with E-state index >= 15 is 0 Å². The van der Waals surface area contributed by atoms with E-state index < -0.39 is 36.4 Å². The molecule has 3 aliphatic carbocycles. The third-order valence-electron chi connectivity index (χ3n) is 9.45. The van der Waals surface area contributed by atoms with E-state index in [0.29, 0.717) is 12.1 Å². The van der Waals surface area contributed by atoms with Crippen molar-refractivity contribution in [3.8, 4) is 0 Å². The van der Waals surface area contributed by atoms with E-state index in [0.717, 1.165) is 80.6 Å². The second-order valence-electron chi connectivity index (χ2n) is 13.9. The molecule has 1 amide bonds. The molecule has 0 aromatic heterocycles. The number of unbranched alkanes of at least 4 members (excludes halogenated alkanes) is 3. The largest absolute Gasteiger partial charge is 0.444 e. The first kappa shape index (κ1) is 32.1. The number of alkyl carbamates (subject to hydrolysis) is 1. The minimum Gasteiger partial charge on any atom is -0.444 e. The van der Waals surface area contributed by atoms with Gasteiger partial charge in [0, 0.05) is 22.9 Å². The molecule has 0 bridgehead atoms. The van der Waals surface area contributed by atoms with Crippen molar-refractivity contribution >= 4 is 20.2 Å². The zero-order valence-corrected chi connectivity index (χ0v) is 27.2. The topological polar surface area (TPSA) is 84.9 Å². The van der Waals surface area contributed by atoms with Gasteiger partial charge >= 0.3 is 6.09 Å². The second-order valence-corrected chi connectivity index (χ2v) is 18.0. The minimum atomic E-state index is -2.18. The smallest absolute Gasteiger partial charge is 0.407 e. The Balaban J connectivity index is 2.09. The first-order valence-corrected chi connectivity index (χ1v) is 18.0. The number of carbonyl (C=O) groups excluding carboxylic acids is 2. The Labute approximate surface area is 238 Å². The predicted molar refractivity (Wildman–Crippen MR) is 160 cm³/mol. The first-order valence-electron chi connectivity index (χ1n) is 15.5. The van der Waals surface area contributed by atoms with Gasteiger partial charge in [0.15, 0.2) is 14.1 Å². The molecule has 3 unspecified atom stereocenters. The van der Waals surface area contributed by atoms with Gasteiger partial charge in [0.25, 0.3) is 0 Å². The fraction of sp³-hybridized carbons (Fsp3) is 0.812. The number of ether oxygens (including phenoxy) is 1. The Kier molecular flexibility index (Phi) is 9.71. The molecule has 0 aliphatic heterocycles. The van der Waals surface area contributed by atoms with Gasteiger partial charge < -0.3 is 19.6 Å². The van der Waals surface area contributed by atoms with Gasteiger partial charge in [-0.05, 0) is 71.2 Å². The number of ketones is 1. The summed E-state index contributed by atoms with van der Waals surface area (Å²) in [4.78, 5) is 26.6. The zero-order valence-electron chi connectivity index (χ0n) is 26.2. The second kappa shape index (κ2) is 11.8.